The summed E-state index contributed by atoms with van der Waals surface area (Å²) in [4.78, 5) is 17.4. The molecular formula is C22H24N2O5. The molecule has 7 heteroatoms. The molecule has 0 aliphatic carbocycles. The summed E-state index contributed by atoms with van der Waals surface area (Å²) in [6.07, 6.45) is 0. The normalized spacial score (nSPS) is 23.1. The van der Waals surface area contributed by atoms with Gasteiger partial charge < -0.3 is 23.8 Å². The number of hydrogen-bond donors (Lipinski definition) is 0. The average molecular weight is 396 g/mol. The van der Waals surface area contributed by atoms with Crippen LogP contribution < -0.4 is 18.9 Å². The fourth-order valence-electron chi connectivity index (χ4n) is 3.99. The molecule has 5 rings (SSSR count). The van der Waals surface area contributed by atoms with Gasteiger partial charge in [0.2, 0.25) is 12.4 Å². The lowest BCUT2D eigenvalue weighted by Crippen LogP contribution is -2.59. The van der Waals surface area contributed by atoms with Gasteiger partial charge in [0.05, 0.1) is 0 Å². The van der Waals surface area contributed by atoms with Gasteiger partial charge in [0.15, 0.2) is 23.0 Å². The van der Waals surface area contributed by atoms with Crippen LogP contribution in [0, 0.1) is 0 Å². The first kappa shape index (κ1) is 18.1. The molecule has 3 aliphatic rings. The largest absolute Gasteiger partial charge is 0.485 e. The molecule has 2 aromatic rings. The van der Waals surface area contributed by atoms with Crippen LogP contribution in [0.1, 0.15) is 12.5 Å². The number of fused-ring (bicyclic) bond motifs is 2. The Kier molecular flexibility index (Phi) is 4.47. The minimum absolute atomic E-state index is 0.0188. The van der Waals surface area contributed by atoms with E-state index in [0.717, 1.165) is 31.1 Å². The second-order valence-electron chi connectivity index (χ2n) is 7.82. The molecule has 2 aromatic carbocycles. The third-order valence-electron chi connectivity index (χ3n) is 5.64. The summed E-state index contributed by atoms with van der Waals surface area (Å²) in [5.74, 6) is 2.89. The number of nitrogens with zero attached hydrogens (tertiary/aromatic N) is 2. The van der Waals surface area contributed by atoms with Crippen LogP contribution in [0.2, 0.25) is 0 Å². The quantitative estimate of drug-likeness (QED) is 0.794. The van der Waals surface area contributed by atoms with E-state index in [4.69, 9.17) is 18.9 Å². The summed E-state index contributed by atoms with van der Waals surface area (Å²) in [5, 5.41) is 0. The van der Waals surface area contributed by atoms with Gasteiger partial charge in [-0.3, -0.25) is 9.69 Å². The van der Waals surface area contributed by atoms with E-state index in [-0.39, 0.29) is 19.3 Å². The summed E-state index contributed by atoms with van der Waals surface area (Å²) in [5.41, 5.74) is 0.190. The number of carbonyl (C=O) groups is 1. The highest BCUT2D eigenvalue weighted by atomic mass is 16.7. The Morgan fingerprint density at radius 2 is 1.66 bits per heavy atom. The highest BCUT2D eigenvalue weighted by Crippen LogP contribution is 2.36. The molecule has 1 atom stereocenters. The van der Waals surface area contributed by atoms with Crippen molar-refractivity contribution >= 4 is 5.91 Å². The van der Waals surface area contributed by atoms with Gasteiger partial charge in [-0.25, -0.2) is 0 Å². The van der Waals surface area contributed by atoms with Gasteiger partial charge in [-0.2, -0.15) is 0 Å². The summed E-state index contributed by atoms with van der Waals surface area (Å²) in [6, 6.07) is 13.5. The highest BCUT2D eigenvalue weighted by Gasteiger charge is 2.43. The van der Waals surface area contributed by atoms with E-state index < -0.39 is 5.60 Å². The van der Waals surface area contributed by atoms with E-state index in [0.29, 0.717) is 24.6 Å². The summed E-state index contributed by atoms with van der Waals surface area (Å²) >= 11 is 0. The molecule has 152 valence electrons. The molecule has 1 amide bonds. The first-order chi connectivity index (χ1) is 14.1. The Labute approximate surface area is 169 Å². The van der Waals surface area contributed by atoms with Crippen LogP contribution in [-0.4, -0.2) is 60.9 Å². The number of ether oxygens (including phenoxy) is 4. The van der Waals surface area contributed by atoms with E-state index in [1.54, 1.807) is 0 Å². The topological polar surface area (TPSA) is 60.5 Å². The Hall–Kier alpha value is -2.93. The zero-order valence-electron chi connectivity index (χ0n) is 16.4. The van der Waals surface area contributed by atoms with E-state index in [2.05, 4.69) is 11.0 Å². The maximum absolute atomic E-state index is 13.1. The molecular weight excluding hydrogens is 372 g/mol. The number of para-hydroxylation sites is 2. The Balaban J connectivity index is 1.19. The van der Waals surface area contributed by atoms with Crippen molar-refractivity contribution in [3.8, 4) is 23.0 Å². The van der Waals surface area contributed by atoms with E-state index in [1.165, 1.54) is 5.56 Å². The van der Waals surface area contributed by atoms with Gasteiger partial charge in [-0.1, -0.05) is 18.2 Å². The molecule has 3 heterocycles. The van der Waals surface area contributed by atoms with Crippen LogP contribution in [0.15, 0.2) is 42.5 Å². The molecule has 1 saturated heterocycles. The van der Waals surface area contributed by atoms with Gasteiger partial charge in [0, 0.05) is 32.7 Å². The van der Waals surface area contributed by atoms with E-state index in [9.17, 15) is 4.79 Å². The van der Waals surface area contributed by atoms with Crippen molar-refractivity contribution in [2.75, 3.05) is 39.6 Å². The minimum Gasteiger partial charge on any atom is -0.485 e. The summed E-state index contributed by atoms with van der Waals surface area (Å²) in [6.45, 7) is 6.11. The summed E-state index contributed by atoms with van der Waals surface area (Å²) in [7, 11) is 0. The van der Waals surface area contributed by atoms with Crippen LogP contribution in [0.5, 0.6) is 23.0 Å². The monoisotopic (exact) mass is 396 g/mol. The number of hydrogen-bond acceptors (Lipinski definition) is 6. The van der Waals surface area contributed by atoms with Crippen molar-refractivity contribution in [2.24, 2.45) is 0 Å². The fourth-order valence-corrected chi connectivity index (χ4v) is 3.99. The maximum atomic E-state index is 13.1. The maximum Gasteiger partial charge on any atom is 0.270 e. The second-order valence-corrected chi connectivity index (χ2v) is 7.82. The average Bonchev–Trinajstić information content (AvgIpc) is 3.21. The van der Waals surface area contributed by atoms with Crippen LogP contribution in [0.4, 0.5) is 0 Å². The van der Waals surface area contributed by atoms with Gasteiger partial charge in [0.1, 0.15) is 6.61 Å². The number of carbonyl (C=O) groups excluding carboxylic acids is 1. The SMILES string of the molecule is CC1(C(=O)N2CCN(Cc3ccc4c(c3)OCO4)CC2)COc2ccccc2O1. The Morgan fingerprint density at radius 3 is 2.48 bits per heavy atom. The van der Waals surface area contributed by atoms with Gasteiger partial charge in [0.25, 0.3) is 5.91 Å². The van der Waals surface area contributed by atoms with Gasteiger partial charge >= 0.3 is 0 Å². The zero-order chi connectivity index (χ0) is 19.8. The fraction of sp³-hybridized carbons (Fsp3) is 0.409. The van der Waals surface area contributed by atoms with Crippen molar-refractivity contribution in [1.29, 1.82) is 0 Å². The number of amides is 1. The lowest BCUT2D eigenvalue weighted by molar-refractivity contribution is -0.153. The van der Waals surface area contributed by atoms with Gasteiger partial charge in [-0.05, 0) is 36.8 Å². The lowest BCUT2D eigenvalue weighted by atomic mass is 10.0. The first-order valence-corrected chi connectivity index (χ1v) is 9.92. The molecule has 0 saturated carbocycles. The van der Waals surface area contributed by atoms with Crippen molar-refractivity contribution < 1.29 is 23.7 Å². The van der Waals surface area contributed by atoms with Crippen molar-refractivity contribution in [3.05, 3.63) is 48.0 Å². The van der Waals surface area contributed by atoms with Crippen molar-refractivity contribution in [3.63, 3.8) is 0 Å². The van der Waals surface area contributed by atoms with Gasteiger partial charge in [-0.15, -0.1) is 0 Å². The smallest absolute Gasteiger partial charge is 0.270 e. The summed E-state index contributed by atoms with van der Waals surface area (Å²) < 4.78 is 22.7. The third kappa shape index (κ3) is 3.46. The molecule has 1 unspecified atom stereocenters. The Morgan fingerprint density at radius 1 is 0.931 bits per heavy atom. The molecule has 0 spiro atoms. The van der Waals surface area contributed by atoms with E-state index >= 15 is 0 Å². The van der Waals surface area contributed by atoms with Crippen molar-refractivity contribution in [1.82, 2.24) is 9.80 Å². The predicted octanol–water partition coefficient (Wildman–Crippen LogP) is 2.29. The standard InChI is InChI=1S/C22H24N2O5/c1-22(14-26-17-4-2-3-5-19(17)29-22)21(25)24-10-8-23(9-11-24)13-16-6-7-18-20(12-16)28-15-27-18/h2-7,12H,8-11,13-15H2,1H3. The van der Waals surface area contributed by atoms with Crippen LogP contribution in [0.25, 0.3) is 0 Å². The number of rotatable bonds is 3. The lowest BCUT2D eigenvalue weighted by Gasteiger charge is -2.41. The van der Waals surface area contributed by atoms with Crippen LogP contribution >= 0.6 is 0 Å². The molecule has 1 fully saturated rings. The molecule has 0 bridgehead atoms. The third-order valence-corrected chi connectivity index (χ3v) is 5.64. The molecule has 29 heavy (non-hydrogen) atoms. The molecule has 0 N–H and O–H groups in total. The second kappa shape index (κ2) is 7.15. The molecule has 3 aliphatic heterocycles. The first-order valence-electron chi connectivity index (χ1n) is 9.92. The molecule has 0 aromatic heterocycles. The number of piperazine rings is 1. The Bertz CT molecular complexity index is 925. The number of benzene rings is 2. The minimum atomic E-state index is -0.992. The van der Waals surface area contributed by atoms with E-state index in [1.807, 2.05) is 48.2 Å². The molecule has 7 nitrogen and oxygen atoms in total. The zero-order valence-corrected chi connectivity index (χ0v) is 16.4. The predicted molar refractivity (Wildman–Crippen MR) is 105 cm³/mol. The van der Waals surface area contributed by atoms with Crippen molar-refractivity contribution in [2.45, 2.75) is 19.1 Å². The highest BCUT2D eigenvalue weighted by molar-refractivity contribution is 5.86. The van der Waals surface area contributed by atoms with Crippen LogP contribution in [0.3, 0.4) is 0 Å². The molecule has 0 radical (unpaired) electrons. The van der Waals surface area contributed by atoms with Crippen LogP contribution in [-0.2, 0) is 11.3 Å².